The molecule has 1 aromatic heterocycles. The minimum atomic E-state index is -0.499. The molecular formula is C21H25N3O3. The summed E-state index contributed by atoms with van der Waals surface area (Å²) < 4.78 is 6.91. The van der Waals surface area contributed by atoms with Gasteiger partial charge in [0.1, 0.15) is 5.75 Å². The van der Waals surface area contributed by atoms with Crippen molar-refractivity contribution in [3.63, 3.8) is 0 Å². The number of amides is 1. The number of nitrogens with one attached hydrogen (secondary N) is 1. The van der Waals surface area contributed by atoms with E-state index in [0.717, 1.165) is 61.1 Å². The van der Waals surface area contributed by atoms with Crippen molar-refractivity contribution in [1.29, 1.82) is 0 Å². The van der Waals surface area contributed by atoms with Crippen LogP contribution in [0.5, 0.6) is 5.75 Å². The average molecular weight is 367 g/mol. The second kappa shape index (κ2) is 7.18. The summed E-state index contributed by atoms with van der Waals surface area (Å²) in [7, 11) is 1.63. The Labute approximate surface area is 158 Å². The largest absolute Gasteiger partial charge is 0.496 e. The fourth-order valence-electron chi connectivity index (χ4n) is 3.99. The van der Waals surface area contributed by atoms with Gasteiger partial charge in [-0.3, -0.25) is 9.59 Å². The smallest absolute Gasteiger partial charge is 0.267 e. The van der Waals surface area contributed by atoms with E-state index in [2.05, 4.69) is 10.4 Å². The minimum absolute atomic E-state index is 0.00184. The molecule has 0 bridgehead atoms. The Bertz CT molecular complexity index is 915. The van der Waals surface area contributed by atoms with E-state index < -0.39 is 5.41 Å². The zero-order valence-corrected chi connectivity index (χ0v) is 15.7. The molecule has 0 unspecified atom stereocenters. The van der Waals surface area contributed by atoms with E-state index in [0.29, 0.717) is 13.1 Å². The van der Waals surface area contributed by atoms with Crippen molar-refractivity contribution in [2.75, 3.05) is 13.7 Å². The molecule has 1 heterocycles. The van der Waals surface area contributed by atoms with Crippen molar-refractivity contribution >= 4 is 5.91 Å². The molecule has 6 heteroatoms. The first-order valence-corrected chi connectivity index (χ1v) is 9.66. The van der Waals surface area contributed by atoms with E-state index in [1.165, 1.54) is 4.68 Å². The highest BCUT2D eigenvalue weighted by Gasteiger charge is 2.52. The average Bonchev–Trinajstić information content (AvgIpc) is 3.50. The lowest BCUT2D eigenvalue weighted by molar-refractivity contribution is -0.123. The van der Waals surface area contributed by atoms with Crippen molar-refractivity contribution in [3.05, 3.63) is 57.5 Å². The number of nitrogens with zero attached hydrogens (tertiary/aromatic N) is 2. The molecule has 0 atom stereocenters. The highest BCUT2D eigenvalue weighted by Crippen LogP contribution is 2.51. The number of rotatable bonds is 6. The predicted molar refractivity (Wildman–Crippen MR) is 102 cm³/mol. The SMILES string of the molecule is COc1ccccc1C1(C(=O)NCCn2nc3c(cc2=O)CCCC3)CC1. The molecule has 142 valence electrons. The summed E-state index contributed by atoms with van der Waals surface area (Å²) in [6, 6.07) is 9.40. The molecule has 1 N–H and O–H groups in total. The lowest BCUT2D eigenvalue weighted by atomic mass is 9.94. The Morgan fingerprint density at radius 1 is 1.26 bits per heavy atom. The molecule has 2 aliphatic rings. The molecule has 0 radical (unpaired) electrons. The number of aryl methyl sites for hydroxylation is 2. The molecule has 4 rings (SSSR count). The molecule has 1 fully saturated rings. The van der Waals surface area contributed by atoms with Gasteiger partial charge in [-0.15, -0.1) is 0 Å². The first-order valence-electron chi connectivity index (χ1n) is 9.66. The number of methoxy groups -OCH3 is 1. The van der Waals surface area contributed by atoms with Gasteiger partial charge >= 0.3 is 0 Å². The molecule has 6 nitrogen and oxygen atoms in total. The molecule has 0 aliphatic heterocycles. The molecule has 1 amide bonds. The van der Waals surface area contributed by atoms with Crippen molar-refractivity contribution in [1.82, 2.24) is 15.1 Å². The third-order valence-corrected chi connectivity index (χ3v) is 5.69. The summed E-state index contributed by atoms with van der Waals surface area (Å²) in [5.41, 5.74) is 2.46. The van der Waals surface area contributed by atoms with Crippen LogP contribution in [0.15, 0.2) is 35.1 Å². The fraction of sp³-hybridized carbons (Fsp3) is 0.476. The van der Waals surface area contributed by atoms with Crippen LogP contribution in [-0.2, 0) is 29.6 Å². The van der Waals surface area contributed by atoms with E-state index in [1.54, 1.807) is 13.2 Å². The van der Waals surface area contributed by atoms with Crippen LogP contribution in [0.25, 0.3) is 0 Å². The lowest BCUT2D eigenvalue weighted by Gasteiger charge is -2.19. The Balaban J connectivity index is 1.42. The van der Waals surface area contributed by atoms with E-state index in [-0.39, 0.29) is 11.5 Å². The standard InChI is InChI=1S/C21H25N3O3/c1-27-18-9-5-3-7-16(18)21(10-11-21)20(26)22-12-13-24-19(25)14-15-6-2-4-8-17(15)23-24/h3,5,7,9,14H,2,4,6,8,10-13H2,1H3,(H,22,26). The number of benzene rings is 1. The Morgan fingerprint density at radius 2 is 2.04 bits per heavy atom. The van der Waals surface area contributed by atoms with Gasteiger partial charge in [-0.1, -0.05) is 18.2 Å². The maximum Gasteiger partial charge on any atom is 0.267 e. The van der Waals surface area contributed by atoms with Crippen molar-refractivity contribution in [3.8, 4) is 5.75 Å². The summed E-state index contributed by atoms with van der Waals surface area (Å²) in [5.74, 6) is 0.746. The van der Waals surface area contributed by atoms with E-state index >= 15 is 0 Å². The zero-order chi connectivity index (χ0) is 18.9. The van der Waals surface area contributed by atoms with Crippen LogP contribution < -0.4 is 15.6 Å². The zero-order valence-electron chi connectivity index (χ0n) is 15.7. The third kappa shape index (κ3) is 3.36. The third-order valence-electron chi connectivity index (χ3n) is 5.69. The number of hydrogen-bond donors (Lipinski definition) is 1. The van der Waals surface area contributed by atoms with Crippen LogP contribution in [-0.4, -0.2) is 29.3 Å². The minimum Gasteiger partial charge on any atom is -0.496 e. The maximum absolute atomic E-state index is 12.8. The van der Waals surface area contributed by atoms with Gasteiger partial charge in [0.15, 0.2) is 0 Å². The van der Waals surface area contributed by atoms with Gasteiger partial charge in [0.2, 0.25) is 5.91 Å². The highest BCUT2D eigenvalue weighted by atomic mass is 16.5. The molecule has 0 saturated heterocycles. The second-order valence-electron chi connectivity index (χ2n) is 7.42. The van der Waals surface area contributed by atoms with E-state index in [1.807, 2.05) is 24.3 Å². The van der Waals surface area contributed by atoms with Crippen molar-refractivity contribution in [2.45, 2.75) is 50.5 Å². The Kier molecular flexibility index (Phi) is 4.72. The van der Waals surface area contributed by atoms with Crippen LogP contribution in [0.1, 0.15) is 42.5 Å². The Morgan fingerprint density at radius 3 is 2.81 bits per heavy atom. The molecule has 2 aliphatic carbocycles. The molecule has 27 heavy (non-hydrogen) atoms. The van der Waals surface area contributed by atoms with Crippen LogP contribution in [0.4, 0.5) is 0 Å². The van der Waals surface area contributed by atoms with E-state index in [4.69, 9.17) is 4.74 Å². The topological polar surface area (TPSA) is 73.2 Å². The molecule has 1 aromatic carbocycles. The normalized spacial score (nSPS) is 17.1. The summed E-state index contributed by atoms with van der Waals surface area (Å²) in [6.07, 6.45) is 5.75. The van der Waals surface area contributed by atoms with Gasteiger partial charge in [-0.25, -0.2) is 4.68 Å². The number of para-hydroxylation sites is 1. The van der Waals surface area contributed by atoms with Gasteiger partial charge in [0.05, 0.1) is 24.8 Å². The first kappa shape index (κ1) is 17.8. The Hall–Kier alpha value is -2.63. The fourth-order valence-corrected chi connectivity index (χ4v) is 3.99. The predicted octanol–water partition coefficient (Wildman–Crippen LogP) is 1.98. The molecule has 1 saturated carbocycles. The van der Waals surface area contributed by atoms with Crippen molar-refractivity contribution in [2.24, 2.45) is 0 Å². The summed E-state index contributed by atoms with van der Waals surface area (Å²) in [4.78, 5) is 25.1. The number of aromatic nitrogens is 2. The second-order valence-corrected chi connectivity index (χ2v) is 7.42. The monoisotopic (exact) mass is 367 g/mol. The number of carbonyl (C=O) groups is 1. The number of hydrogen-bond acceptors (Lipinski definition) is 4. The quantitative estimate of drug-likeness (QED) is 0.847. The summed E-state index contributed by atoms with van der Waals surface area (Å²) >= 11 is 0. The number of fused-ring (bicyclic) bond motifs is 1. The summed E-state index contributed by atoms with van der Waals surface area (Å²) in [6.45, 7) is 0.779. The van der Waals surface area contributed by atoms with Crippen molar-refractivity contribution < 1.29 is 9.53 Å². The van der Waals surface area contributed by atoms with Gasteiger partial charge in [0, 0.05) is 18.2 Å². The van der Waals surface area contributed by atoms with Gasteiger partial charge < -0.3 is 10.1 Å². The van der Waals surface area contributed by atoms with Crippen LogP contribution >= 0.6 is 0 Å². The van der Waals surface area contributed by atoms with Crippen LogP contribution in [0.3, 0.4) is 0 Å². The number of ether oxygens (including phenoxy) is 1. The maximum atomic E-state index is 12.8. The lowest BCUT2D eigenvalue weighted by Crippen LogP contribution is -2.38. The highest BCUT2D eigenvalue weighted by molar-refractivity contribution is 5.92. The first-order chi connectivity index (χ1) is 13.1. The number of carbonyl (C=O) groups excluding carboxylic acids is 1. The molecule has 2 aromatic rings. The van der Waals surface area contributed by atoms with Crippen LogP contribution in [0.2, 0.25) is 0 Å². The van der Waals surface area contributed by atoms with Gasteiger partial charge in [-0.2, -0.15) is 5.10 Å². The summed E-state index contributed by atoms with van der Waals surface area (Å²) in [5, 5.41) is 7.50. The van der Waals surface area contributed by atoms with Crippen LogP contribution in [0, 0.1) is 0 Å². The van der Waals surface area contributed by atoms with Gasteiger partial charge in [0.25, 0.3) is 5.56 Å². The van der Waals surface area contributed by atoms with Gasteiger partial charge in [-0.05, 0) is 50.2 Å². The van der Waals surface area contributed by atoms with E-state index in [9.17, 15) is 9.59 Å². The molecule has 0 spiro atoms. The molecular weight excluding hydrogens is 342 g/mol.